The van der Waals surface area contributed by atoms with Crippen molar-refractivity contribution in [2.75, 3.05) is 18.5 Å². The van der Waals surface area contributed by atoms with Gasteiger partial charge in [-0.3, -0.25) is 14.4 Å². The molecule has 0 radical (unpaired) electrons. The van der Waals surface area contributed by atoms with E-state index in [-0.39, 0.29) is 30.4 Å². The fourth-order valence-electron chi connectivity index (χ4n) is 8.14. The molecule has 1 aliphatic carbocycles. The molecule has 43 heavy (non-hydrogen) atoms. The molecule has 4 aliphatic rings. The molecule has 9 heteroatoms. The topological polar surface area (TPSA) is 117 Å². The zero-order valence-electron chi connectivity index (χ0n) is 25.1. The summed E-state index contributed by atoms with van der Waals surface area (Å²) in [7, 11) is 0. The molecule has 6 rings (SSSR count). The number of nitrogens with one attached hydrogen (secondary N) is 2. The molecule has 230 valence electrons. The van der Waals surface area contributed by atoms with Crippen LogP contribution in [0.2, 0.25) is 0 Å². The average Bonchev–Trinajstić information content (AvgIpc) is 3.58. The summed E-state index contributed by atoms with van der Waals surface area (Å²) in [5.74, 6) is -1.76. The van der Waals surface area contributed by atoms with Crippen LogP contribution in [0.3, 0.4) is 0 Å². The van der Waals surface area contributed by atoms with Crippen LogP contribution in [-0.4, -0.2) is 70.3 Å². The predicted octanol–water partition coefficient (Wildman–Crippen LogP) is 3.84. The van der Waals surface area contributed by atoms with Crippen molar-refractivity contribution in [3.63, 3.8) is 0 Å². The van der Waals surface area contributed by atoms with E-state index in [1.54, 1.807) is 29.2 Å². The summed E-state index contributed by atoms with van der Waals surface area (Å²) in [6.07, 6.45) is 6.52. The molecule has 3 amide bonds. The number of carbonyl (C=O) groups is 3. The van der Waals surface area contributed by atoms with Crippen molar-refractivity contribution in [2.45, 2.75) is 94.5 Å². The molecule has 9 nitrogen and oxygen atoms in total. The SMILES string of the molecule is CCOc1ccc(NC(=O)[C@H]2[C@H]3C(=O)N([C@@H](CO)Cc4ccccc4)C(C(=O)NC4CCCCC4)C34CC[C@]2(C)O4)cc1. The van der Waals surface area contributed by atoms with Crippen molar-refractivity contribution in [1.82, 2.24) is 10.2 Å². The van der Waals surface area contributed by atoms with Gasteiger partial charge in [-0.05, 0) is 75.8 Å². The zero-order valence-corrected chi connectivity index (χ0v) is 25.1. The number of hydrogen-bond acceptors (Lipinski definition) is 6. The summed E-state index contributed by atoms with van der Waals surface area (Å²) in [6.45, 7) is 4.04. The largest absolute Gasteiger partial charge is 0.494 e. The maximum Gasteiger partial charge on any atom is 0.246 e. The molecule has 2 aromatic carbocycles. The molecule has 2 unspecified atom stereocenters. The molecule has 0 aromatic heterocycles. The second kappa shape index (κ2) is 11.9. The Balaban J connectivity index is 1.33. The summed E-state index contributed by atoms with van der Waals surface area (Å²) < 4.78 is 12.3. The third-order valence-corrected chi connectivity index (χ3v) is 10.0. The van der Waals surface area contributed by atoms with E-state index in [4.69, 9.17) is 9.47 Å². The van der Waals surface area contributed by atoms with Gasteiger partial charge in [0.25, 0.3) is 0 Å². The van der Waals surface area contributed by atoms with Gasteiger partial charge >= 0.3 is 0 Å². The first-order valence-corrected chi connectivity index (χ1v) is 15.8. The van der Waals surface area contributed by atoms with Crippen molar-refractivity contribution in [1.29, 1.82) is 0 Å². The van der Waals surface area contributed by atoms with Gasteiger partial charge in [0.05, 0.1) is 36.7 Å². The van der Waals surface area contributed by atoms with Crippen LogP contribution in [0, 0.1) is 11.8 Å². The standard InChI is InChI=1S/C34H43N3O6/c1-3-42-26-16-14-24(15-17-26)35-30(39)27-28-32(41)37(25(21-38)20-22-10-6-4-7-11-22)29(34(28)19-18-33(27,2)43-34)31(40)36-23-12-8-5-9-13-23/h4,6-7,10-11,14-17,23,25,27-29,38H,3,5,8-9,12-13,18-21H2,1-2H3,(H,35,39)(H,36,40)/t25-,27-,28+,29?,33+,34?/m1/s1. The lowest BCUT2D eigenvalue weighted by molar-refractivity contribution is -0.149. The van der Waals surface area contributed by atoms with Crippen molar-refractivity contribution >= 4 is 23.4 Å². The maximum atomic E-state index is 14.6. The third kappa shape index (κ3) is 5.31. The quantitative estimate of drug-likeness (QED) is 0.388. The smallest absolute Gasteiger partial charge is 0.246 e. The van der Waals surface area contributed by atoms with Crippen LogP contribution in [0.4, 0.5) is 5.69 Å². The molecule has 2 bridgehead atoms. The first kappa shape index (κ1) is 29.6. The van der Waals surface area contributed by atoms with Crippen LogP contribution in [0.25, 0.3) is 0 Å². The fraction of sp³-hybridized carbons (Fsp3) is 0.559. The lowest BCUT2D eigenvalue weighted by Crippen LogP contribution is -2.59. The molecule has 6 atom stereocenters. The number of aliphatic hydroxyl groups excluding tert-OH is 1. The highest BCUT2D eigenvalue weighted by Gasteiger charge is 2.78. The van der Waals surface area contributed by atoms with Crippen LogP contribution in [-0.2, 0) is 25.5 Å². The highest BCUT2D eigenvalue weighted by molar-refractivity contribution is 6.02. The molecule has 2 aromatic rings. The molecular formula is C34H43N3O6. The molecule has 3 saturated heterocycles. The minimum atomic E-state index is -1.14. The van der Waals surface area contributed by atoms with Gasteiger partial charge in [0, 0.05) is 11.7 Å². The van der Waals surface area contributed by atoms with E-state index in [9.17, 15) is 19.5 Å². The van der Waals surface area contributed by atoms with Crippen molar-refractivity contribution in [2.24, 2.45) is 11.8 Å². The van der Waals surface area contributed by atoms with Crippen LogP contribution in [0.1, 0.15) is 64.4 Å². The molecule has 3 N–H and O–H groups in total. The molecule has 4 fully saturated rings. The van der Waals surface area contributed by atoms with Gasteiger partial charge in [0.1, 0.15) is 17.4 Å². The number of carbonyl (C=O) groups excluding carboxylic acids is 3. The maximum absolute atomic E-state index is 14.6. The fourth-order valence-corrected chi connectivity index (χ4v) is 8.14. The normalized spacial score (nSPS) is 30.6. The van der Waals surface area contributed by atoms with E-state index in [1.165, 1.54) is 0 Å². The van der Waals surface area contributed by atoms with Gasteiger partial charge in [-0.2, -0.15) is 0 Å². The molecular weight excluding hydrogens is 546 g/mol. The summed E-state index contributed by atoms with van der Waals surface area (Å²) >= 11 is 0. The van der Waals surface area contributed by atoms with Crippen molar-refractivity contribution < 1.29 is 29.0 Å². The van der Waals surface area contributed by atoms with Gasteiger partial charge in [-0.25, -0.2) is 0 Å². The van der Waals surface area contributed by atoms with Gasteiger partial charge in [-0.1, -0.05) is 49.6 Å². The van der Waals surface area contributed by atoms with Gasteiger partial charge in [0.2, 0.25) is 17.7 Å². The van der Waals surface area contributed by atoms with Gasteiger partial charge < -0.3 is 30.1 Å². The Labute approximate surface area is 253 Å². The lowest BCUT2D eigenvalue weighted by atomic mass is 9.66. The number of benzene rings is 2. The average molecular weight is 590 g/mol. The Kier molecular flexibility index (Phi) is 8.22. The number of anilines is 1. The monoisotopic (exact) mass is 589 g/mol. The van der Waals surface area contributed by atoms with E-state index in [0.717, 1.165) is 37.7 Å². The van der Waals surface area contributed by atoms with Crippen LogP contribution in [0.5, 0.6) is 5.75 Å². The predicted molar refractivity (Wildman–Crippen MR) is 161 cm³/mol. The Morgan fingerprint density at radius 2 is 1.77 bits per heavy atom. The number of fused-ring (bicyclic) bond motifs is 1. The Morgan fingerprint density at radius 3 is 2.44 bits per heavy atom. The number of hydrogen-bond donors (Lipinski definition) is 3. The van der Waals surface area contributed by atoms with Crippen LogP contribution in [0.15, 0.2) is 54.6 Å². The zero-order chi connectivity index (χ0) is 30.2. The lowest BCUT2D eigenvalue weighted by Gasteiger charge is -2.38. The first-order valence-electron chi connectivity index (χ1n) is 15.8. The highest BCUT2D eigenvalue weighted by atomic mass is 16.5. The minimum absolute atomic E-state index is 0.0447. The molecule has 3 aliphatic heterocycles. The molecule has 1 saturated carbocycles. The number of rotatable bonds is 10. The number of aliphatic hydroxyl groups is 1. The van der Waals surface area contributed by atoms with E-state index < -0.39 is 35.1 Å². The summed E-state index contributed by atoms with van der Waals surface area (Å²) in [5.41, 5.74) is -0.480. The summed E-state index contributed by atoms with van der Waals surface area (Å²) in [4.78, 5) is 44.4. The number of likely N-dealkylation sites (tertiary alicyclic amines) is 1. The Bertz CT molecular complexity index is 1330. The molecule has 3 heterocycles. The van der Waals surface area contributed by atoms with E-state index in [1.807, 2.05) is 44.2 Å². The summed E-state index contributed by atoms with van der Waals surface area (Å²) in [6, 6.07) is 15.3. The first-order chi connectivity index (χ1) is 20.8. The van der Waals surface area contributed by atoms with Gasteiger partial charge in [-0.15, -0.1) is 0 Å². The Morgan fingerprint density at radius 1 is 1.05 bits per heavy atom. The highest BCUT2D eigenvalue weighted by Crippen LogP contribution is 2.63. The van der Waals surface area contributed by atoms with Crippen LogP contribution >= 0.6 is 0 Å². The number of nitrogens with zero attached hydrogens (tertiary/aromatic N) is 1. The second-order valence-electron chi connectivity index (χ2n) is 12.8. The third-order valence-electron chi connectivity index (χ3n) is 10.0. The van der Waals surface area contributed by atoms with Crippen LogP contribution < -0.4 is 15.4 Å². The van der Waals surface area contributed by atoms with E-state index >= 15 is 0 Å². The van der Waals surface area contributed by atoms with Crippen molar-refractivity contribution in [3.8, 4) is 5.75 Å². The summed E-state index contributed by atoms with van der Waals surface area (Å²) in [5, 5.41) is 16.9. The van der Waals surface area contributed by atoms with E-state index in [2.05, 4.69) is 10.6 Å². The Hall–Kier alpha value is -3.43. The second-order valence-corrected chi connectivity index (χ2v) is 12.8. The van der Waals surface area contributed by atoms with E-state index in [0.29, 0.717) is 37.3 Å². The van der Waals surface area contributed by atoms with Crippen molar-refractivity contribution in [3.05, 3.63) is 60.2 Å². The van der Waals surface area contributed by atoms with Gasteiger partial charge in [0.15, 0.2) is 0 Å². The number of amides is 3. The molecule has 1 spiro atoms. The minimum Gasteiger partial charge on any atom is -0.494 e. The number of ether oxygens (including phenoxy) is 2.